The van der Waals surface area contributed by atoms with Crippen molar-refractivity contribution in [2.45, 2.75) is 39.3 Å². The van der Waals surface area contributed by atoms with Crippen molar-refractivity contribution in [3.63, 3.8) is 0 Å². The summed E-state index contributed by atoms with van der Waals surface area (Å²) in [5.41, 5.74) is -0.476. The van der Waals surface area contributed by atoms with E-state index in [-0.39, 0.29) is 12.1 Å². The number of hydrogen-bond donors (Lipinski definition) is 0. The number of ether oxygens (including phenoxy) is 2. The third-order valence-electron chi connectivity index (χ3n) is 2.08. The number of methoxy groups -OCH3 is 1. The van der Waals surface area contributed by atoms with Gasteiger partial charge < -0.3 is 9.47 Å². The van der Waals surface area contributed by atoms with Gasteiger partial charge in [-0.1, -0.05) is 0 Å². The van der Waals surface area contributed by atoms with Crippen molar-refractivity contribution in [1.29, 1.82) is 0 Å². The van der Waals surface area contributed by atoms with E-state index in [1.807, 2.05) is 33.8 Å². The van der Waals surface area contributed by atoms with E-state index in [0.29, 0.717) is 0 Å². The third kappa shape index (κ3) is 3.29. The van der Waals surface area contributed by atoms with Crippen LogP contribution in [0.15, 0.2) is 24.1 Å². The molecule has 0 radical (unpaired) electrons. The highest BCUT2D eigenvalue weighted by Gasteiger charge is 2.25. The Hall–Kier alpha value is -1.45. The van der Waals surface area contributed by atoms with Gasteiger partial charge in [-0.05, 0) is 39.8 Å². The van der Waals surface area contributed by atoms with E-state index >= 15 is 0 Å². The largest absolute Gasteiger partial charge is 0.497 e. The minimum atomic E-state index is -0.476. The molecule has 0 aromatic heterocycles. The van der Waals surface area contributed by atoms with Gasteiger partial charge in [-0.2, -0.15) is 0 Å². The smallest absolute Gasteiger partial charge is 0.414 e. The van der Waals surface area contributed by atoms with Crippen LogP contribution in [0.2, 0.25) is 0 Å². The van der Waals surface area contributed by atoms with Gasteiger partial charge in [0.2, 0.25) is 0 Å². The number of amides is 1. The van der Waals surface area contributed by atoms with Crippen LogP contribution in [0.4, 0.5) is 4.79 Å². The number of rotatable bonds is 1. The van der Waals surface area contributed by atoms with Crippen LogP contribution >= 0.6 is 0 Å². The van der Waals surface area contributed by atoms with Crippen molar-refractivity contribution in [3.05, 3.63) is 24.1 Å². The second-order valence-corrected chi connectivity index (χ2v) is 4.72. The van der Waals surface area contributed by atoms with Crippen molar-refractivity contribution in [2.75, 3.05) is 7.11 Å². The van der Waals surface area contributed by atoms with Crippen molar-refractivity contribution >= 4 is 6.09 Å². The summed E-state index contributed by atoms with van der Waals surface area (Å²) < 4.78 is 10.4. The molecular weight excluding hydrogens is 206 g/mol. The van der Waals surface area contributed by atoms with Crippen molar-refractivity contribution < 1.29 is 14.3 Å². The summed E-state index contributed by atoms with van der Waals surface area (Å²) in [5.74, 6) is 0.757. The molecule has 0 saturated heterocycles. The zero-order valence-corrected chi connectivity index (χ0v) is 10.5. The molecule has 0 aromatic rings. The molecule has 1 unspecified atom stereocenters. The molecule has 1 atom stereocenters. The van der Waals surface area contributed by atoms with Crippen LogP contribution in [-0.4, -0.2) is 29.7 Å². The molecule has 0 aromatic carbocycles. The molecule has 1 rings (SSSR count). The molecular formula is C12H19NO3. The lowest BCUT2D eigenvalue weighted by atomic mass is 10.2. The monoisotopic (exact) mass is 225 g/mol. The Morgan fingerprint density at radius 2 is 2.06 bits per heavy atom. The normalized spacial score (nSPS) is 20.4. The van der Waals surface area contributed by atoms with Crippen LogP contribution in [0.1, 0.15) is 27.7 Å². The summed E-state index contributed by atoms with van der Waals surface area (Å²) >= 11 is 0. The van der Waals surface area contributed by atoms with E-state index in [4.69, 9.17) is 9.47 Å². The first kappa shape index (κ1) is 12.6. The van der Waals surface area contributed by atoms with Gasteiger partial charge in [0.25, 0.3) is 0 Å². The van der Waals surface area contributed by atoms with Gasteiger partial charge in [0.1, 0.15) is 11.4 Å². The SMILES string of the molecule is COC1=CC(C)N(C(=O)OC(C)(C)C)C=C1. The molecule has 0 spiro atoms. The second kappa shape index (κ2) is 4.60. The van der Waals surface area contributed by atoms with Gasteiger partial charge in [-0.25, -0.2) is 4.79 Å². The van der Waals surface area contributed by atoms with Crippen LogP contribution in [0.5, 0.6) is 0 Å². The summed E-state index contributed by atoms with van der Waals surface area (Å²) in [4.78, 5) is 13.3. The molecule has 1 aliphatic rings. The fraction of sp³-hybridized carbons (Fsp3) is 0.583. The van der Waals surface area contributed by atoms with Crippen molar-refractivity contribution in [3.8, 4) is 0 Å². The maximum atomic E-state index is 11.8. The van der Waals surface area contributed by atoms with Gasteiger partial charge >= 0.3 is 6.09 Å². The van der Waals surface area contributed by atoms with Crippen LogP contribution < -0.4 is 0 Å². The Balaban J connectivity index is 2.68. The van der Waals surface area contributed by atoms with Gasteiger partial charge in [-0.3, -0.25) is 4.90 Å². The Labute approximate surface area is 96.5 Å². The van der Waals surface area contributed by atoms with Crippen LogP contribution in [-0.2, 0) is 9.47 Å². The van der Waals surface area contributed by atoms with Gasteiger partial charge in [0.05, 0.1) is 13.2 Å². The van der Waals surface area contributed by atoms with Crippen molar-refractivity contribution in [2.24, 2.45) is 0 Å². The molecule has 1 amide bonds. The molecule has 4 nitrogen and oxygen atoms in total. The topological polar surface area (TPSA) is 38.8 Å². The lowest BCUT2D eigenvalue weighted by molar-refractivity contribution is 0.0301. The first-order valence-corrected chi connectivity index (χ1v) is 5.29. The summed E-state index contributed by atoms with van der Waals surface area (Å²) in [6.07, 6.45) is 4.94. The first-order valence-electron chi connectivity index (χ1n) is 5.29. The maximum Gasteiger partial charge on any atom is 0.414 e. The molecule has 0 fully saturated rings. The highest BCUT2D eigenvalue weighted by molar-refractivity contribution is 5.70. The van der Waals surface area contributed by atoms with E-state index in [0.717, 1.165) is 5.76 Å². The van der Waals surface area contributed by atoms with Gasteiger partial charge in [0.15, 0.2) is 0 Å². The zero-order valence-electron chi connectivity index (χ0n) is 10.5. The summed E-state index contributed by atoms with van der Waals surface area (Å²) in [6, 6.07) is -0.0604. The lowest BCUT2D eigenvalue weighted by Crippen LogP contribution is -2.39. The standard InChI is InChI=1S/C12H19NO3/c1-9-8-10(15-5)6-7-13(9)11(14)16-12(2,3)4/h6-9H,1-5H3. The van der Waals surface area contributed by atoms with E-state index in [1.54, 1.807) is 19.4 Å². The Morgan fingerprint density at radius 1 is 1.44 bits per heavy atom. The van der Waals surface area contributed by atoms with E-state index in [9.17, 15) is 4.79 Å². The number of carbonyl (C=O) groups is 1. The maximum absolute atomic E-state index is 11.8. The summed E-state index contributed by atoms with van der Waals surface area (Å²) in [6.45, 7) is 7.45. The second-order valence-electron chi connectivity index (χ2n) is 4.72. The number of hydrogen-bond acceptors (Lipinski definition) is 3. The summed E-state index contributed by atoms with van der Waals surface area (Å²) in [7, 11) is 1.60. The zero-order chi connectivity index (χ0) is 12.3. The predicted octanol–water partition coefficient (Wildman–Crippen LogP) is 2.67. The summed E-state index contributed by atoms with van der Waals surface area (Å²) in [5, 5.41) is 0. The van der Waals surface area contributed by atoms with E-state index in [1.165, 1.54) is 4.90 Å². The average Bonchev–Trinajstić information content (AvgIpc) is 2.14. The number of carbonyl (C=O) groups excluding carboxylic acids is 1. The van der Waals surface area contributed by atoms with Gasteiger partial charge in [-0.15, -0.1) is 0 Å². The van der Waals surface area contributed by atoms with Gasteiger partial charge in [0, 0.05) is 6.20 Å². The molecule has 90 valence electrons. The molecule has 16 heavy (non-hydrogen) atoms. The predicted molar refractivity (Wildman–Crippen MR) is 61.8 cm³/mol. The third-order valence-corrected chi connectivity index (χ3v) is 2.08. The Morgan fingerprint density at radius 3 is 2.50 bits per heavy atom. The molecule has 0 N–H and O–H groups in total. The molecule has 1 heterocycles. The lowest BCUT2D eigenvalue weighted by Gasteiger charge is -2.29. The first-order chi connectivity index (χ1) is 7.33. The Kier molecular flexibility index (Phi) is 3.62. The fourth-order valence-electron chi connectivity index (χ4n) is 1.34. The highest BCUT2D eigenvalue weighted by atomic mass is 16.6. The minimum absolute atomic E-state index is 0.0604. The fourth-order valence-corrected chi connectivity index (χ4v) is 1.34. The van der Waals surface area contributed by atoms with Crippen molar-refractivity contribution in [1.82, 2.24) is 4.90 Å². The highest BCUT2D eigenvalue weighted by Crippen LogP contribution is 2.17. The molecule has 0 saturated carbocycles. The molecule has 0 bridgehead atoms. The minimum Gasteiger partial charge on any atom is -0.497 e. The van der Waals surface area contributed by atoms with Crippen LogP contribution in [0.25, 0.3) is 0 Å². The van der Waals surface area contributed by atoms with E-state index in [2.05, 4.69) is 0 Å². The van der Waals surface area contributed by atoms with Crippen LogP contribution in [0.3, 0.4) is 0 Å². The molecule has 0 aliphatic carbocycles. The Bertz CT molecular complexity index is 326. The number of allylic oxidation sites excluding steroid dienone is 1. The molecule has 1 aliphatic heterocycles. The average molecular weight is 225 g/mol. The van der Waals surface area contributed by atoms with E-state index < -0.39 is 5.60 Å². The quantitative estimate of drug-likeness (QED) is 0.688. The van der Waals surface area contributed by atoms with Crippen LogP contribution in [0, 0.1) is 0 Å². The molecule has 4 heteroatoms. The number of nitrogens with zero attached hydrogens (tertiary/aromatic N) is 1.